The highest BCUT2D eigenvalue weighted by Crippen LogP contribution is 2.36. The van der Waals surface area contributed by atoms with E-state index >= 15 is 0 Å². The molecule has 0 aliphatic rings. The van der Waals surface area contributed by atoms with E-state index < -0.39 is 11.9 Å². The molecule has 2 aromatic rings. The number of ether oxygens (including phenoxy) is 1. The number of aromatic carboxylic acids is 1. The summed E-state index contributed by atoms with van der Waals surface area (Å²) >= 11 is 0. The largest absolute Gasteiger partial charge is 0.478 e. The summed E-state index contributed by atoms with van der Waals surface area (Å²) in [6.45, 7) is 14.7. The van der Waals surface area contributed by atoms with Crippen LogP contribution < -0.4 is 4.74 Å². The molecule has 0 fully saturated rings. The van der Waals surface area contributed by atoms with E-state index in [9.17, 15) is 14.7 Å². The van der Waals surface area contributed by atoms with Crippen LogP contribution in [0, 0.1) is 0 Å². The van der Waals surface area contributed by atoms with Gasteiger partial charge in [0.25, 0.3) is 0 Å². The molecule has 0 aromatic heterocycles. The Balaban J connectivity index is 2.55. The van der Waals surface area contributed by atoms with Gasteiger partial charge < -0.3 is 9.84 Å². The third kappa shape index (κ3) is 6.53. The van der Waals surface area contributed by atoms with E-state index in [0.717, 1.165) is 18.5 Å². The van der Waals surface area contributed by atoms with Gasteiger partial charge in [0.15, 0.2) is 0 Å². The predicted octanol–water partition coefficient (Wildman–Crippen LogP) is 5.51. The standard InChI is InChI=1S/C26H33NO4/c1-17(2)26(30)31-24-13-12-21(25(28)29)16-23(24)22(20-10-8-7-9-11-20)14-15-27(18(3)4)19(5)6/h7-13,16,18-19,22H,1,14-15H2,2-6H3,(H,28,29)/t22-/m1/s1. The van der Waals surface area contributed by atoms with E-state index in [1.165, 1.54) is 6.07 Å². The Kier molecular flexibility index (Phi) is 8.57. The van der Waals surface area contributed by atoms with Crippen molar-refractivity contribution in [1.82, 2.24) is 4.90 Å². The first-order valence-electron chi connectivity index (χ1n) is 10.7. The molecule has 0 aliphatic carbocycles. The third-order valence-electron chi connectivity index (χ3n) is 5.39. The van der Waals surface area contributed by atoms with Gasteiger partial charge in [0.1, 0.15) is 5.75 Å². The molecule has 0 radical (unpaired) electrons. The SMILES string of the molecule is C=C(C)C(=O)Oc1ccc(C(=O)O)cc1[C@H](CCN(C(C)C)C(C)C)c1ccccc1. The summed E-state index contributed by atoms with van der Waals surface area (Å²) in [5.41, 5.74) is 2.18. The van der Waals surface area contributed by atoms with Crippen LogP contribution in [0.2, 0.25) is 0 Å². The van der Waals surface area contributed by atoms with Gasteiger partial charge in [-0.1, -0.05) is 36.9 Å². The minimum absolute atomic E-state index is 0.131. The molecule has 0 saturated carbocycles. The highest BCUT2D eigenvalue weighted by atomic mass is 16.5. The molecule has 0 amide bonds. The normalized spacial score (nSPS) is 12.3. The number of hydrogen-bond acceptors (Lipinski definition) is 4. The Bertz CT molecular complexity index is 910. The molecule has 0 aliphatic heterocycles. The number of carboxylic acids is 1. The number of esters is 1. The number of rotatable bonds is 10. The van der Waals surface area contributed by atoms with Gasteiger partial charge in [-0.2, -0.15) is 0 Å². The molecule has 0 bridgehead atoms. The lowest BCUT2D eigenvalue weighted by Gasteiger charge is -2.32. The van der Waals surface area contributed by atoms with Crippen molar-refractivity contribution in [2.24, 2.45) is 0 Å². The van der Waals surface area contributed by atoms with Crippen LogP contribution in [0.15, 0.2) is 60.7 Å². The molecule has 0 saturated heterocycles. The maximum absolute atomic E-state index is 12.2. The smallest absolute Gasteiger partial charge is 0.338 e. The Labute approximate surface area is 185 Å². The molecule has 1 N–H and O–H groups in total. The van der Waals surface area contributed by atoms with Crippen molar-refractivity contribution < 1.29 is 19.4 Å². The van der Waals surface area contributed by atoms with Crippen LogP contribution >= 0.6 is 0 Å². The lowest BCUT2D eigenvalue weighted by molar-refractivity contribution is -0.130. The summed E-state index contributed by atoms with van der Waals surface area (Å²) in [5.74, 6) is -1.31. The van der Waals surface area contributed by atoms with Crippen molar-refractivity contribution in [3.8, 4) is 5.75 Å². The first kappa shape index (κ1) is 24.4. The van der Waals surface area contributed by atoms with E-state index in [0.29, 0.717) is 23.4 Å². The Morgan fingerprint density at radius 1 is 1.03 bits per heavy atom. The van der Waals surface area contributed by atoms with E-state index in [4.69, 9.17) is 4.74 Å². The second-order valence-electron chi connectivity index (χ2n) is 8.40. The maximum Gasteiger partial charge on any atom is 0.338 e. The fraction of sp³-hybridized carbons (Fsp3) is 0.385. The fourth-order valence-corrected chi connectivity index (χ4v) is 3.81. The molecular formula is C26H33NO4. The maximum atomic E-state index is 12.2. The number of nitrogens with zero attached hydrogens (tertiary/aromatic N) is 1. The number of carbonyl (C=O) groups excluding carboxylic acids is 1. The zero-order valence-corrected chi connectivity index (χ0v) is 19.1. The van der Waals surface area contributed by atoms with Crippen molar-refractivity contribution in [1.29, 1.82) is 0 Å². The molecule has 2 aromatic carbocycles. The minimum atomic E-state index is -1.02. The van der Waals surface area contributed by atoms with E-state index in [1.54, 1.807) is 19.1 Å². The summed E-state index contributed by atoms with van der Waals surface area (Å²) in [6.07, 6.45) is 0.751. The zero-order valence-electron chi connectivity index (χ0n) is 19.1. The zero-order chi connectivity index (χ0) is 23.1. The van der Waals surface area contributed by atoms with Gasteiger partial charge in [-0.3, -0.25) is 4.90 Å². The second kappa shape index (κ2) is 10.9. The van der Waals surface area contributed by atoms with Gasteiger partial charge in [0, 0.05) is 29.1 Å². The quantitative estimate of drug-likeness (QED) is 0.310. The summed E-state index contributed by atoms with van der Waals surface area (Å²) in [6, 6.07) is 15.3. The van der Waals surface area contributed by atoms with E-state index in [2.05, 4.69) is 39.2 Å². The molecule has 5 nitrogen and oxygen atoms in total. The average molecular weight is 424 g/mol. The van der Waals surface area contributed by atoms with Gasteiger partial charge in [0.2, 0.25) is 0 Å². The molecular weight excluding hydrogens is 390 g/mol. The Morgan fingerprint density at radius 3 is 2.16 bits per heavy atom. The minimum Gasteiger partial charge on any atom is -0.478 e. The summed E-state index contributed by atoms with van der Waals surface area (Å²) in [4.78, 5) is 26.3. The van der Waals surface area contributed by atoms with Crippen LogP contribution in [-0.2, 0) is 4.79 Å². The van der Waals surface area contributed by atoms with Gasteiger partial charge in [-0.05, 0) is 71.3 Å². The van der Waals surface area contributed by atoms with Crippen molar-refractivity contribution in [3.63, 3.8) is 0 Å². The average Bonchev–Trinajstić information content (AvgIpc) is 2.71. The molecule has 5 heteroatoms. The predicted molar refractivity (Wildman–Crippen MR) is 124 cm³/mol. The van der Waals surface area contributed by atoms with Crippen LogP contribution in [0.4, 0.5) is 0 Å². The topological polar surface area (TPSA) is 66.8 Å². The summed E-state index contributed by atoms with van der Waals surface area (Å²) in [5, 5.41) is 9.56. The molecule has 1 atom stereocenters. The number of carboxylic acid groups (broad SMARTS) is 1. The molecule has 166 valence electrons. The van der Waals surface area contributed by atoms with Crippen molar-refractivity contribution in [3.05, 3.63) is 77.4 Å². The number of hydrogen-bond donors (Lipinski definition) is 1. The first-order chi connectivity index (χ1) is 14.6. The van der Waals surface area contributed by atoms with Gasteiger partial charge in [-0.25, -0.2) is 9.59 Å². The molecule has 2 rings (SSSR count). The van der Waals surface area contributed by atoms with Crippen LogP contribution in [0.3, 0.4) is 0 Å². The van der Waals surface area contributed by atoms with Crippen molar-refractivity contribution >= 4 is 11.9 Å². The highest BCUT2D eigenvalue weighted by molar-refractivity contribution is 5.90. The Morgan fingerprint density at radius 2 is 1.65 bits per heavy atom. The van der Waals surface area contributed by atoms with Gasteiger partial charge in [0.05, 0.1) is 5.56 Å². The third-order valence-corrected chi connectivity index (χ3v) is 5.39. The fourth-order valence-electron chi connectivity index (χ4n) is 3.81. The molecule has 0 spiro atoms. The van der Waals surface area contributed by atoms with E-state index in [1.807, 2.05) is 30.3 Å². The molecule has 0 heterocycles. The number of carbonyl (C=O) groups is 2. The first-order valence-corrected chi connectivity index (χ1v) is 10.7. The lowest BCUT2D eigenvalue weighted by atomic mass is 9.86. The van der Waals surface area contributed by atoms with Gasteiger partial charge >= 0.3 is 11.9 Å². The van der Waals surface area contributed by atoms with Crippen molar-refractivity contribution in [2.75, 3.05) is 6.54 Å². The molecule has 31 heavy (non-hydrogen) atoms. The number of benzene rings is 2. The van der Waals surface area contributed by atoms with Crippen LogP contribution in [0.1, 0.15) is 68.4 Å². The van der Waals surface area contributed by atoms with Crippen LogP contribution in [0.25, 0.3) is 0 Å². The van der Waals surface area contributed by atoms with Crippen LogP contribution in [0.5, 0.6) is 5.75 Å². The lowest BCUT2D eigenvalue weighted by Crippen LogP contribution is -2.38. The monoisotopic (exact) mass is 423 g/mol. The van der Waals surface area contributed by atoms with E-state index in [-0.39, 0.29) is 17.1 Å². The highest BCUT2D eigenvalue weighted by Gasteiger charge is 2.24. The summed E-state index contributed by atoms with van der Waals surface area (Å²) in [7, 11) is 0. The van der Waals surface area contributed by atoms with Gasteiger partial charge in [-0.15, -0.1) is 0 Å². The molecule has 0 unspecified atom stereocenters. The second-order valence-corrected chi connectivity index (χ2v) is 8.40. The summed E-state index contributed by atoms with van der Waals surface area (Å²) < 4.78 is 5.60. The van der Waals surface area contributed by atoms with Crippen LogP contribution in [-0.4, -0.2) is 40.6 Å². The Hall–Kier alpha value is -2.92. The van der Waals surface area contributed by atoms with Crippen molar-refractivity contribution in [2.45, 2.75) is 59.0 Å².